The molecule has 0 N–H and O–H groups in total. The van der Waals surface area contributed by atoms with E-state index in [1.165, 1.54) is 4.90 Å². The molecular weight excluding hydrogens is 338 g/mol. The first-order valence-corrected chi connectivity index (χ1v) is 7.89. The maximum absolute atomic E-state index is 13.9. The number of imidazole rings is 1. The highest BCUT2D eigenvalue weighted by Crippen LogP contribution is 2.26. The average Bonchev–Trinajstić information content (AvgIpc) is 2.92. The van der Waals surface area contributed by atoms with Crippen LogP contribution in [0.3, 0.4) is 0 Å². The van der Waals surface area contributed by atoms with E-state index in [9.17, 15) is 22.4 Å². The van der Waals surface area contributed by atoms with Crippen molar-refractivity contribution in [1.29, 1.82) is 0 Å². The molecule has 1 aliphatic rings. The zero-order valence-corrected chi connectivity index (χ0v) is 14.0. The number of hydrogen-bond acceptors (Lipinski definition) is 2. The summed E-state index contributed by atoms with van der Waals surface area (Å²) < 4.78 is 55.7. The first kappa shape index (κ1) is 17.4. The van der Waals surface area contributed by atoms with Gasteiger partial charge in [0.05, 0.1) is 17.8 Å². The molecule has 0 unspecified atom stereocenters. The molecule has 0 saturated carbocycles. The van der Waals surface area contributed by atoms with Crippen LogP contribution in [0.15, 0.2) is 6.07 Å². The number of benzene rings is 1. The van der Waals surface area contributed by atoms with Crippen molar-refractivity contribution in [2.24, 2.45) is 7.05 Å². The summed E-state index contributed by atoms with van der Waals surface area (Å²) in [6.07, 6.45) is 0.491. The van der Waals surface area contributed by atoms with Crippen LogP contribution in [-0.4, -0.2) is 26.9 Å². The zero-order valence-electron chi connectivity index (χ0n) is 14.0. The molecule has 0 radical (unpaired) electrons. The molecular formula is C17H17F4N3O. The summed E-state index contributed by atoms with van der Waals surface area (Å²) in [5, 5.41) is 0. The van der Waals surface area contributed by atoms with E-state index in [-0.39, 0.29) is 19.0 Å². The molecule has 2 heterocycles. The number of amides is 1. The van der Waals surface area contributed by atoms with E-state index in [1.807, 2.05) is 25.5 Å². The Kier molecular flexibility index (Phi) is 4.30. The lowest BCUT2D eigenvalue weighted by Crippen LogP contribution is -2.37. The topological polar surface area (TPSA) is 38.1 Å². The Morgan fingerprint density at radius 2 is 1.84 bits per heavy atom. The Morgan fingerprint density at radius 3 is 2.48 bits per heavy atom. The lowest BCUT2D eigenvalue weighted by Gasteiger charge is -2.27. The summed E-state index contributed by atoms with van der Waals surface area (Å²) in [6.45, 7) is 4.35. The maximum atomic E-state index is 13.9. The molecule has 4 nitrogen and oxygen atoms in total. The molecule has 1 aromatic heterocycles. The van der Waals surface area contributed by atoms with Gasteiger partial charge in [-0.2, -0.15) is 0 Å². The standard InChI is InChI=1S/C17H17F4N3O/c1-8(2)16-22-11-7-24(5-4-12(11)23(16)3)17(25)9-6-10(18)14(20)15(21)13(9)19/h6,8H,4-5,7H2,1-3H3. The van der Waals surface area contributed by atoms with Crippen molar-refractivity contribution in [2.75, 3.05) is 6.54 Å². The monoisotopic (exact) mass is 355 g/mol. The summed E-state index contributed by atoms with van der Waals surface area (Å²) in [5.41, 5.74) is 0.832. The molecule has 0 bridgehead atoms. The van der Waals surface area contributed by atoms with Crippen molar-refractivity contribution >= 4 is 5.91 Å². The summed E-state index contributed by atoms with van der Waals surface area (Å²) in [4.78, 5) is 18.2. The van der Waals surface area contributed by atoms with Gasteiger partial charge in [0.15, 0.2) is 23.3 Å². The molecule has 1 amide bonds. The lowest BCUT2D eigenvalue weighted by atomic mass is 10.1. The highest BCUT2D eigenvalue weighted by atomic mass is 19.2. The SMILES string of the molecule is CC(C)c1nc2c(n1C)CCN(C(=O)c1cc(F)c(F)c(F)c1F)C2. The van der Waals surface area contributed by atoms with Gasteiger partial charge < -0.3 is 9.47 Å². The highest BCUT2D eigenvalue weighted by Gasteiger charge is 2.30. The van der Waals surface area contributed by atoms with Crippen molar-refractivity contribution in [1.82, 2.24) is 14.5 Å². The normalized spacial score (nSPS) is 14.2. The number of halogens is 4. The molecule has 25 heavy (non-hydrogen) atoms. The smallest absolute Gasteiger partial charge is 0.257 e. The van der Waals surface area contributed by atoms with Gasteiger partial charge in [-0.05, 0) is 6.07 Å². The molecule has 1 aliphatic heterocycles. The number of carbonyl (C=O) groups excluding carboxylic acids is 1. The summed E-state index contributed by atoms with van der Waals surface area (Å²) in [5.74, 6) is -7.03. The zero-order chi connectivity index (χ0) is 18.5. The first-order valence-electron chi connectivity index (χ1n) is 7.89. The number of hydrogen-bond donors (Lipinski definition) is 0. The average molecular weight is 355 g/mol. The number of nitrogens with zero attached hydrogens (tertiary/aromatic N) is 3. The fourth-order valence-electron chi connectivity index (χ4n) is 3.14. The summed E-state index contributed by atoms with van der Waals surface area (Å²) >= 11 is 0. The van der Waals surface area contributed by atoms with Crippen LogP contribution in [0.4, 0.5) is 17.6 Å². The Hall–Kier alpha value is -2.38. The molecule has 2 aromatic rings. The van der Waals surface area contributed by atoms with Crippen molar-refractivity contribution in [2.45, 2.75) is 32.7 Å². The van der Waals surface area contributed by atoms with Crippen LogP contribution in [0.25, 0.3) is 0 Å². The minimum Gasteiger partial charge on any atom is -0.334 e. The van der Waals surface area contributed by atoms with E-state index in [4.69, 9.17) is 0 Å². The molecule has 8 heteroatoms. The number of rotatable bonds is 2. The van der Waals surface area contributed by atoms with Crippen molar-refractivity contribution in [3.63, 3.8) is 0 Å². The fourth-order valence-corrected chi connectivity index (χ4v) is 3.14. The van der Waals surface area contributed by atoms with Gasteiger partial charge >= 0.3 is 0 Å². The minimum atomic E-state index is -1.99. The molecule has 134 valence electrons. The van der Waals surface area contributed by atoms with E-state index in [1.54, 1.807) is 0 Å². The molecule has 1 aromatic carbocycles. The Morgan fingerprint density at radius 1 is 1.16 bits per heavy atom. The Bertz CT molecular complexity index is 860. The predicted octanol–water partition coefficient (Wildman–Crippen LogP) is 3.30. The van der Waals surface area contributed by atoms with Gasteiger partial charge in [-0.1, -0.05) is 13.8 Å². The summed E-state index contributed by atoms with van der Waals surface area (Å²) in [6, 6.07) is 0.392. The van der Waals surface area contributed by atoms with Crippen molar-refractivity contribution in [3.05, 3.63) is 52.1 Å². The quantitative estimate of drug-likeness (QED) is 0.471. The maximum Gasteiger partial charge on any atom is 0.257 e. The van der Waals surface area contributed by atoms with E-state index < -0.39 is 34.7 Å². The van der Waals surface area contributed by atoms with Crippen LogP contribution in [-0.2, 0) is 20.0 Å². The number of carbonyl (C=O) groups is 1. The second-order valence-corrected chi connectivity index (χ2v) is 6.40. The third kappa shape index (κ3) is 2.79. The molecule has 3 rings (SSSR count). The van der Waals surface area contributed by atoms with E-state index in [2.05, 4.69) is 4.98 Å². The van der Waals surface area contributed by atoms with Crippen LogP contribution in [0.1, 0.15) is 47.3 Å². The molecule has 0 aliphatic carbocycles. The van der Waals surface area contributed by atoms with Crippen LogP contribution in [0, 0.1) is 23.3 Å². The van der Waals surface area contributed by atoms with E-state index in [0.717, 1.165) is 11.5 Å². The van der Waals surface area contributed by atoms with Crippen LogP contribution >= 0.6 is 0 Å². The largest absolute Gasteiger partial charge is 0.334 e. The van der Waals surface area contributed by atoms with Crippen molar-refractivity contribution in [3.8, 4) is 0 Å². The number of fused-ring (bicyclic) bond motifs is 1. The molecule has 0 atom stereocenters. The van der Waals surface area contributed by atoms with Crippen molar-refractivity contribution < 1.29 is 22.4 Å². The third-order valence-corrected chi connectivity index (χ3v) is 4.43. The third-order valence-electron chi connectivity index (χ3n) is 4.43. The lowest BCUT2D eigenvalue weighted by molar-refractivity contribution is 0.0724. The minimum absolute atomic E-state index is 0.106. The van der Waals surface area contributed by atoms with Crippen LogP contribution in [0.2, 0.25) is 0 Å². The van der Waals surface area contributed by atoms with Gasteiger partial charge in [-0.3, -0.25) is 4.79 Å². The Balaban J connectivity index is 1.92. The summed E-state index contributed by atoms with van der Waals surface area (Å²) in [7, 11) is 1.89. The number of aromatic nitrogens is 2. The fraction of sp³-hybridized carbons (Fsp3) is 0.412. The van der Waals surface area contributed by atoms with Gasteiger partial charge in [0.2, 0.25) is 0 Å². The highest BCUT2D eigenvalue weighted by molar-refractivity contribution is 5.94. The van der Waals surface area contributed by atoms with E-state index in [0.29, 0.717) is 18.2 Å². The van der Waals surface area contributed by atoms with Gasteiger partial charge in [0, 0.05) is 31.6 Å². The predicted molar refractivity (Wildman–Crippen MR) is 82.0 cm³/mol. The van der Waals surface area contributed by atoms with Crippen LogP contribution < -0.4 is 0 Å². The first-order chi connectivity index (χ1) is 11.7. The molecule has 0 fully saturated rings. The van der Waals surface area contributed by atoms with E-state index >= 15 is 0 Å². The second-order valence-electron chi connectivity index (χ2n) is 6.40. The van der Waals surface area contributed by atoms with Gasteiger partial charge in [0.25, 0.3) is 5.91 Å². The molecule has 0 spiro atoms. The van der Waals surface area contributed by atoms with Gasteiger partial charge in [0.1, 0.15) is 5.82 Å². The second kappa shape index (κ2) is 6.16. The van der Waals surface area contributed by atoms with Gasteiger partial charge in [-0.25, -0.2) is 22.5 Å². The molecule has 0 saturated heterocycles. The van der Waals surface area contributed by atoms with Crippen LogP contribution in [0.5, 0.6) is 0 Å². The Labute approximate surface area is 142 Å². The van der Waals surface area contributed by atoms with Gasteiger partial charge in [-0.15, -0.1) is 0 Å².